The Morgan fingerprint density at radius 2 is 2.12 bits per heavy atom. The van der Waals surface area contributed by atoms with Crippen molar-refractivity contribution < 1.29 is 9.13 Å². The first-order valence-corrected chi connectivity index (χ1v) is 10.8. The van der Waals surface area contributed by atoms with Crippen molar-refractivity contribution in [2.24, 2.45) is 10.9 Å². The normalized spacial score (nSPS) is 16.2. The molecule has 0 saturated carbocycles. The highest BCUT2D eigenvalue weighted by Crippen LogP contribution is 2.26. The Hall–Kier alpha value is -2.49. The molecule has 0 radical (unpaired) electrons. The summed E-state index contributed by atoms with van der Waals surface area (Å²) in [5.74, 6) is 2.03. The zero-order valence-corrected chi connectivity index (χ0v) is 20.9. The quantitative estimate of drug-likeness (QED) is 0.235. The van der Waals surface area contributed by atoms with Gasteiger partial charge in [-0.05, 0) is 54.7 Å². The lowest BCUT2D eigenvalue weighted by atomic mass is 10.1. The average molecular weight is 551 g/mol. The minimum absolute atomic E-state index is 0. The van der Waals surface area contributed by atoms with Crippen molar-refractivity contribution >= 4 is 46.5 Å². The number of aromatic amines is 1. The van der Waals surface area contributed by atoms with E-state index in [2.05, 4.69) is 37.6 Å². The summed E-state index contributed by atoms with van der Waals surface area (Å²) in [4.78, 5) is 9.95. The Morgan fingerprint density at radius 3 is 2.94 bits per heavy atom. The van der Waals surface area contributed by atoms with Crippen LogP contribution in [0.25, 0.3) is 10.9 Å². The van der Waals surface area contributed by atoms with E-state index in [1.807, 2.05) is 18.3 Å². The molecular weight excluding hydrogens is 520 g/mol. The number of methoxy groups -OCH3 is 1. The molecule has 2 aromatic carbocycles. The van der Waals surface area contributed by atoms with Gasteiger partial charge in [0.15, 0.2) is 5.96 Å². The summed E-state index contributed by atoms with van der Waals surface area (Å²) in [5, 5.41) is 7.76. The van der Waals surface area contributed by atoms with E-state index in [1.54, 1.807) is 26.3 Å². The number of aromatic nitrogens is 1. The van der Waals surface area contributed by atoms with Crippen LogP contribution in [-0.4, -0.2) is 51.3 Å². The number of hydrogen-bond donors (Lipinski definition) is 3. The van der Waals surface area contributed by atoms with Crippen molar-refractivity contribution in [3.8, 4) is 5.75 Å². The van der Waals surface area contributed by atoms with Crippen molar-refractivity contribution in [3.05, 3.63) is 60.0 Å². The molecule has 1 fully saturated rings. The largest absolute Gasteiger partial charge is 0.497 e. The van der Waals surface area contributed by atoms with Gasteiger partial charge in [0.05, 0.1) is 7.11 Å². The molecule has 4 rings (SSSR count). The highest BCUT2D eigenvalue weighted by atomic mass is 127. The molecule has 172 valence electrons. The summed E-state index contributed by atoms with van der Waals surface area (Å²) >= 11 is 0. The van der Waals surface area contributed by atoms with Gasteiger partial charge in [-0.25, -0.2) is 4.39 Å². The number of H-pyrrole nitrogens is 1. The van der Waals surface area contributed by atoms with E-state index in [9.17, 15) is 4.39 Å². The molecule has 0 bridgehead atoms. The Morgan fingerprint density at radius 1 is 1.25 bits per heavy atom. The van der Waals surface area contributed by atoms with Gasteiger partial charge in [-0.1, -0.05) is 6.07 Å². The number of ether oxygens (including phenoxy) is 1. The first-order valence-electron chi connectivity index (χ1n) is 10.8. The molecule has 32 heavy (non-hydrogen) atoms. The molecule has 3 aromatic rings. The van der Waals surface area contributed by atoms with E-state index in [4.69, 9.17) is 4.74 Å². The van der Waals surface area contributed by atoms with Gasteiger partial charge < -0.3 is 25.3 Å². The number of halogens is 2. The minimum Gasteiger partial charge on any atom is -0.497 e. The third-order valence-corrected chi connectivity index (χ3v) is 5.90. The van der Waals surface area contributed by atoms with Gasteiger partial charge >= 0.3 is 0 Å². The van der Waals surface area contributed by atoms with Crippen LogP contribution in [0.15, 0.2) is 53.7 Å². The number of rotatable bonds is 7. The van der Waals surface area contributed by atoms with E-state index in [0.717, 1.165) is 67.2 Å². The van der Waals surface area contributed by atoms with Crippen LogP contribution in [0.1, 0.15) is 12.0 Å². The molecule has 6 nitrogen and oxygen atoms in total. The monoisotopic (exact) mass is 551 g/mol. The SMILES string of the molecule is CN=C(NCCc1c[nH]c2ccc(F)cc12)NCC1CCN(c2cccc(OC)c2)C1.I. The topological polar surface area (TPSA) is 64.7 Å². The molecule has 1 aliphatic rings. The third kappa shape index (κ3) is 5.85. The fourth-order valence-electron chi connectivity index (χ4n) is 4.18. The number of guanidine groups is 1. The molecular formula is C24H31FIN5O. The van der Waals surface area contributed by atoms with E-state index in [1.165, 1.54) is 11.8 Å². The molecule has 1 atom stereocenters. The molecule has 2 heterocycles. The highest BCUT2D eigenvalue weighted by Gasteiger charge is 2.23. The fourth-order valence-corrected chi connectivity index (χ4v) is 4.18. The molecule has 1 unspecified atom stereocenters. The number of aliphatic imine (C=N–C) groups is 1. The second-order valence-electron chi connectivity index (χ2n) is 7.94. The van der Waals surface area contributed by atoms with Crippen molar-refractivity contribution in [3.63, 3.8) is 0 Å². The summed E-state index contributed by atoms with van der Waals surface area (Å²) < 4.78 is 18.9. The highest BCUT2D eigenvalue weighted by molar-refractivity contribution is 14.0. The van der Waals surface area contributed by atoms with Crippen molar-refractivity contribution in [2.75, 3.05) is 45.2 Å². The smallest absolute Gasteiger partial charge is 0.190 e. The molecule has 1 aromatic heterocycles. The van der Waals surface area contributed by atoms with Crippen LogP contribution in [0.5, 0.6) is 5.75 Å². The molecule has 3 N–H and O–H groups in total. The van der Waals surface area contributed by atoms with Crippen LogP contribution in [0, 0.1) is 11.7 Å². The number of nitrogens with one attached hydrogen (secondary N) is 3. The zero-order valence-electron chi connectivity index (χ0n) is 18.5. The van der Waals surface area contributed by atoms with Crippen molar-refractivity contribution in [1.29, 1.82) is 0 Å². The lowest BCUT2D eigenvalue weighted by molar-refractivity contribution is 0.415. The van der Waals surface area contributed by atoms with Crippen LogP contribution in [0.3, 0.4) is 0 Å². The maximum atomic E-state index is 13.6. The minimum atomic E-state index is -0.210. The molecule has 0 aliphatic carbocycles. The Balaban J connectivity index is 0.00000289. The van der Waals surface area contributed by atoms with Gasteiger partial charge in [0, 0.05) is 62.1 Å². The zero-order chi connectivity index (χ0) is 21.6. The summed E-state index contributed by atoms with van der Waals surface area (Å²) in [5.41, 5.74) is 3.27. The fraction of sp³-hybridized carbons (Fsp3) is 0.375. The maximum Gasteiger partial charge on any atom is 0.190 e. The van der Waals surface area contributed by atoms with Crippen LogP contribution >= 0.6 is 24.0 Å². The van der Waals surface area contributed by atoms with E-state index in [0.29, 0.717) is 5.92 Å². The van der Waals surface area contributed by atoms with Crippen LogP contribution in [0.4, 0.5) is 10.1 Å². The van der Waals surface area contributed by atoms with Crippen LogP contribution in [-0.2, 0) is 6.42 Å². The predicted molar refractivity (Wildman–Crippen MR) is 140 cm³/mol. The standard InChI is InChI=1S/C24H30FN5O.HI/c1-26-24(27-10-8-18-15-28-23-7-6-19(25)12-22(18)23)29-14-17-9-11-30(16-17)20-4-3-5-21(13-20)31-2;/h3-7,12-13,15,17,28H,8-11,14,16H2,1-2H3,(H2,26,27,29);1H. The second-order valence-corrected chi connectivity index (χ2v) is 7.94. The third-order valence-electron chi connectivity index (χ3n) is 5.90. The van der Waals surface area contributed by atoms with Gasteiger partial charge in [-0.15, -0.1) is 24.0 Å². The number of nitrogens with zero attached hydrogens (tertiary/aromatic N) is 2. The van der Waals surface area contributed by atoms with Crippen LogP contribution < -0.4 is 20.3 Å². The molecule has 1 aliphatic heterocycles. The lowest BCUT2D eigenvalue weighted by Crippen LogP contribution is -2.41. The Labute approximate surface area is 205 Å². The van der Waals surface area contributed by atoms with Gasteiger partial charge in [0.2, 0.25) is 0 Å². The van der Waals surface area contributed by atoms with E-state index in [-0.39, 0.29) is 29.8 Å². The molecule has 0 amide bonds. The second kappa shape index (κ2) is 11.4. The van der Waals surface area contributed by atoms with Crippen molar-refractivity contribution in [1.82, 2.24) is 15.6 Å². The predicted octanol–water partition coefficient (Wildman–Crippen LogP) is 4.17. The first kappa shape index (κ1) is 24.2. The first-order chi connectivity index (χ1) is 15.2. The average Bonchev–Trinajstić information content (AvgIpc) is 3.43. The summed E-state index contributed by atoms with van der Waals surface area (Å²) in [7, 11) is 3.48. The van der Waals surface area contributed by atoms with Gasteiger partial charge in [0.25, 0.3) is 0 Å². The summed E-state index contributed by atoms with van der Waals surface area (Å²) in [6, 6.07) is 13.1. The molecule has 0 spiro atoms. The van der Waals surface area contributed by atoms with E-state index >= 15 is 0 Å². The van der Waals surface area contributed by atoms with Gasteiger partial charge in [-0.3, -0.25) is 4.99 Å². The van der Waals surface area contributed by atoms with Gasteiger partial charge in [-0.2, -0.15) is 0 Å². The Bertz CT molecular complexity index is 1050. The van der Waals surface area contributed by atoms with Crippen molar-refractivity contribution in [2.45, 2.75) is 12.8 Å². The Kier molecular flexibility index (Phi) is 8.60. The number of anilines is 1. The molecule has 1 saturated heterocycles. The lowest BCUT2D eigenvalue weighted by Gasteiger charge is -2.20. The summed E-state index contributed by atoms with van der Waals surface area (Å²) in [6.07, 6.45) is 3.88. The van der Waals surface area contributed by atoms with Crippen LogP contribution in [0.2, 0.25) is 0 Å². The van der Waals surface area contributed by atoms with Gasteiger partial charge in [0.1, 0.15) is 11.6 Å². The number of hydrogen-bond acceptors (Lipinski definition) is 3. The number of fused-ring (bicyclic) bond motifs is 1. The summed E-state index contributed by atoms with van der Waals surface area (Å²) in [6.45, 7) is 3.66. The maximum absolute atomic E-state index is 13.6. The van der Waals surface area contributed by atoms with E-state index < -0.39 is 0 Å². The molecule has 8 heteroatoms. The number of benzene rings is 2.